The Bertz CT molecular complexity index is 802. The first-order valence-corrected chi connectivity index (χ1v) is 9.63. The highest BCUT2D eigenvalue weighted by molar-refractivity contribution is 5.97. The smallest absolute Gasteiger partial charge is 0.229 e. The van der Waals surface area contributed by atoms with Crippen LogP contribution in [-0.2, 0) is 16.0 Å². The van der Waals surface area contributed by atoms with Gasteiger partial charge in [0.25, 0.3) is 0 Å². The molecule has 1 fully saturated rings. The molecule has 0 unspecified atom stereocenters. The number of rotatable bonds is 8. The molecule has 148 valence electrons. The molecular formula is C22H26N2O4. The Kier molecular flexibility index (Phi) is 6.53. The maximum absolute atomic E-state index is 12.4. The molecule has 1 aliphatic heterocycles. The SMILES string of the molecule is CCOc1ccc(CC(=O)N[C@H]2CC(=O)N(c3ccc(OCC)cc3)C2)cc1. The summed E-state index contributed by atoms with van der Waals surface area (Å²) in [5.74, 6) is 1.49. The summed E-state index contributed by atoms with van der Waals surface area (Å²) in [6, 6.07) is 14.7. The summed E-state index contributed by atoms with van der Waals surface area (Å²) in [6.45, 7) is 5.55. The van der Waals surface area contributed by atoms with Crippen LogP contribution in [0.15, 0.2) is 48.5 Å². The van der Waals surface area contributed by atoms with Gasteiger partial charge in [-0.05, 0) is 55.8 Å². The molecule has 6 nitrogen and oxygen atoms in total. The highest BCUT2D eigenvalue weighted by Gasteiger charge is 2.31. The molecule has 0 aromatic heterocycles. The lowest BCUT2D eigenvalue weighted by Crippen LogP contribution is -2.38. The number of carbonyl (C=O) groups is 2. The Morgan fingerprint density at radius 3 is 2.14 bits per heavy atom. The predicted molar refractivity (Wildman–Crippen MR) is 108 cm³/mol. The number of carbonyl (C=O) groups excluding carboxylic acids is 2. The lowest BCUT2D eigenvalue weighted by Gasteiger charge is -2.18. The van der Waals surface area contributed by atoms with Crippen LogP contribution in [0.1, 0.15) is 25.8 Å². The first-order valence-electron chi connectivity index (χ1n) is 9.63. The third-order valence-electron chi connectivity index (χ3n) is 4.55. The van der Waals surface area contributed by atoms with E-state index >= 15 is 0 Å². The number of amides is 2. The van der Waals surface area contributed by atoms with Crippen molar-refractivity contribution in [2.24, 2.45) is 0 Å². The predicted octanol–water partition coefficient (Wildman–Crippen LogP) is 2.95. The largest absolute Gasteiger partial charge is 0.494 e. The highest BCUT2D eigenvalue weighted by Crippen LogP contribution is 2.24. The standard InChI is InChI=1S/C22H26N2O4/c1-3-27-19-9-5-16(6-10-19)13-21(25)23-17-14-22(26)24(15-17)18-7-11-20(12-8-18)28-4-2/h5-12,17H,3-4,13-15H2,1-2H3,(H,23,25)/t17-/m0/s1. The molecule has 0 spiro atoms. The van der Waals surface area contributed by atoms with Gasteiger partial charge in [-0.15, -0.1) is 0 Å². The summed E-state index contributed by atoms with van der Waals surface area (Å²) in [5, 5.41) is 2.97. The molecule has 2 aromatic carbocycles. The normalized spacial score (nSPS) is 16.1. The second kappa shape index (κ2) is 9.26. The van der Waals surface area contributed by atoms with Crippen LogP contribution >= 0.6 is 0 Å². The van der Waals surface area contributed by atoms with Crippen LogP contribution in [0.4, 0.5) is 5.69 Å². The third kappa shape index (κ3) is 5.03. The Labute approximate surface area is 165 Å². The minimum absolute atomic E-state index is 0.00975. The number of nitrogens with zero attached hydrogens (tertiary/aromatic N) is 1. The van der Waals surface area contributed by atoms with Crippen molar-refractivity contribution >= 4 is 17.5 Å². The fraction of sp³-hybridized carbons (Fsp3) is 0.364. The van der Waals surface area contributed by atoms with Gasteiger partial charge in [-0.3, -0.25) is 9.59 Å². The van der Waals surface area contributed by atoms with Gasteiger partial charge in [-0.1, -0.05) is 12.1 Å². The fourth-order valence-electron chi connectivity index (χ4n) is 3.28. The Morgan fingerprint density at radius 1 is 1.00 bits per heavy atom. The van der Waals surface area contributed by atoms with Crippen molar-refractivity contribution in [3.63, 3.8) is 0 Å². The number of benzene rings is 2. The third-order valence-corrected chi connectivity index (χ3v) is 4.55. The lowest BCUT2D eigenvalue weighted by molar-refractivity contribution is -0.121. The van der Waals surface area contributed by atoms with Gasteiger partial charge in [0, 0.05) is 18.7 Å². The van der Waals surface area contributed by atoms with Crippen LogP contribution in [0.5, 0.6) is 11.5 Å². The van der Waals surface area contributed by atoms with Gasteiger partial charge in [-0.2, -0.15) is 0 Å². The number of anilines is 1. The summed E-state index contributed by atoms with van der Waals surface area (Å²) >= 11 is 0. The first-order chi connectivity index (χ1) is 13.6. The van der Waals surface area contributed by atoms with E-state index in [-0.39, 0.29) is 24.3 Å². The van der Waals surface area contributed by atoms with E-state index in [4.69, 9.17) is 9.47 Å². The van der Waals surface area contributed by atoms with Crippen LogP contribution in [0, 0.1) is 0 Å². The summed E-state index contributed by atoms with van der Waals surface area (Å²) < 4.78 is 10.8. The molecule has 0 saturated carbocycles. The zero-order valence-electron chi connectivity index (χ0n) is 16.3. The van der Waals surface area contributed by atoms with Crippen molar-refractivity contribution in [1.82, 2.24) is 5.32 Å². The average molecular weight is 382 g/mol. The second-order valence-corrected chi connectivity index (χ2v) is 6.65. The van der Waals surface area contributed by atoms with Gasteiger partial charge in [0.2, 0.25) is 11.8 Å². The molecule has 1 aliphatic rings. The minimum Gasteiger partial charge on any atom is -0.494 e. The molecule has 1 heterocycles. The van der Waals surface area contributed by atoms with E-state index in [9.17, 15) is 9.59 Å². The summed E-state index contributed by atoms with van der Waals surface area (Å²) in [7, 11) is 0. The van der Waals surface area contributed by atoms with E-state index in [1.54, 1.807) is 4.90 Å². The molecule has 28 heavy (non-hydrogen) atoms. The van der Waals surface area contributed by atoms with Gasteiger partial charge in [0.1, 0.15) is 11.5 Å². The molecule has 1 atom stereocenters. The molecule has 0 aliphatic carbocycles. The summed E-state index contributed by atoms with van der Waals surface area (Å²) in [4.78, 5) is 26.4. The van der Waals surface area contributed by atoms with Crippen molar-refractivity contribution in [3.05, 3.63) is 54.1 Å². The molecule has 1 N–H and O–H groups in total. The summed E-state index contributed by atoms with van der Waals surface area (Å²) in [6.07, 6.45) is 0.586. The van der Waals surface area contributed by atoms with E-state index in [1.807, 2.05) is 62.4 Å². The molecule has 2 amide bonds. The maximum Gasteiger partial charge on any atom is 0.229 e. The molecular weight excluding hydrogens is 356 g/mol. The quantitative estimate of drug-likeness (QED) is 0.762. The zero-order chi connectivity index (χ0) is 19.9. The van der Waals surface area contributed by atoms with Crippen molar-refractivity contribution in [2.75, 3.05) is 24.7 Å². The van der Waals surface area contributed by atoms with Gasteiger partial charge in [0.05, 0.1) is 25.7 Å². The Morgan fingerprint density at radius 2 is 1.57 bits per heavy atom. The van der Waals surface area contributed by atoms with E-state index in [0.717, 1.165) is 22.7 Å². The molecule has 1 saturated heterocycles. The van der Waals surface area contributed by atoms with E-state index in [0.29, 0.717) is 26.2 Å². The van der Waals surface area contributed by atoms with Crippen LogP contribution in [0.25, 0.3) is 0 Å². The van der Waals surface area contributed by atoms with Gasteiger partial charge >= 0.3 is 0 Å². The lowest BCUT2D eigenvalue weighted by atomic mass is 10.1. The van der Waals surface area contributed by atoms with Crippen molar-refractivity contribution in [2.45, 2.75) is 32.7 Å². The van der Waals surface area contributed by atoms with Crippen molar-refractivity contribution in [1.29, 1.82) is 0 Å². The fourth-order valence-corrected chi connectivity index (χ4v) is 3.28. The van der Waals surface area contributed by atoms with E-state index in [1.165, 1.54) is 0 Å². The molecule has 0 radical (unpaired) electrons. The van der Waals surface area contributed by atoms with Gasteiger partial charge in [0.15, 0.2) is 0 Å². The zero-order valence-corrected chi connectivity index (χ0v) is 16.3. The number of hydrogen-bond donors (Lipinski definition) is 1. The Balaban J connectivity index is 1.53. The topological polar surface area (TPSA) is 67.9 Å². The summed E-state index contributed by atoms with van der Waals surface area (Å²) in [5.41, 5.74) is 1.73. The van der Waals surface area contributed by atoms with Gasteiger partial charge in [-0.25, -0.2) is 0 Å². The maximum atomic E-state index is 12.4. The first kappa shape index (κ1) is 19.7. The highest BCUT2D eigenvalue weighted by atomic mass is 16.5. The molecule has 0 bridgehead atoms. The molecule has 6 heteroatoms. The number of hydrogen-bond acceptors (Lipinski definition) is 4. The number of nitrogens with one attached hydrogen (secondary N) is 1. The molecule has 3 rings (SSSR count). The van der Waals surface area contributed by atoms with Crippen LogP contribution in [-0.4, -0.2) is 37.6 Å². The van der Waals surface area contributed by atoms with E-state index in [2.05, 4.69) is 5.32 Å². The Hall–Kier alpha value is -3.02. The number of ether oxygens (including phenoxy) is 2. The van der Waals surface area contributed by atoms with Crippen molar-refractivity contribution in [3.8, 4) is 11.5 Å². The average Bonchev–Trinajstić information content (AvgIpc) is 3.04. The monoisotopic (exact) mass is 382 g/mol. The minimum atomic E-state index is -0.186. The van der Waals surface area contributed by atoms with E-state index < -0.39 is 0 Å². The molecule has 2 aromatic rings. The van der Waals surface area contributed by atoms with Crippen LogP contribution in [0.2, 0.25) is 0 Å². The second-order valence-electron chi connectivity index (χ2n) is 6.65. The van der Waals surface area contributed by atoms with Crippen LogP contribution < -0.4 is 19.7 Å². The van der Waals surface area contributed by atoms with Crippen LogP contribution in [0.3, 0.4) is 0 Å². The van der Waals surface area contributed by atoms with Gasteiger partial charge < -0.3 is 19.7 Å². The van der Waals surface area contributed by atoms with Crippen molar-refractivity contribution < 1.29 is 19.1 Å².